The molecular weight excluding hydrogens is 290 g/mol. The quantitative estimate of drug-likeness (QED) is 0.762. The minimum Gasteiger partial charge on any atom is -0.489 e. The summed E-state index contributed by atoms with van der Waals surface area (Å²) in [4.78, 5) is 14.2. The van der Waals surface area contributed by atoms with Gasteiger partial charge in [-0.05, 0) is 30.3 Å². The van der Waals surface area contributed by atoms with Crippen molar-refractivity contribution in [3.63, 3.8) is 0 Å². The lowest BCUT2D eigenvalue weighted by atomic mass is 10.1. The van der Waals surface area contributed by atoms with Gasteiger partial charge in [-0.25, -0.2) is 4.79 Å². The zero-order chi connectivity index (χ0) is 14.8. The van der Waals surface area contributed by atoms with Crippen LogP contribution in [0.15, 0.2) is 48.7 Å². The number of nitrogens with one attached hydrogen (secondary N) is 1. The van der Waals surface area contributed by atoms with Crippen molar-refractivity contribution >= 4 is 28.5 Å². The number of carboxylic acid groups (broad SMARTS) is 1. The summed E-state index contributed by atoms with van der Waals surface area (Å²) in [6.45, 7) is 0.352. The summed E-state index contributed by atoms with van der Waals surface area (Å²) in [5, 5.41) is 10.7. The van der Waals surface area contributed by atoms with Gasteiger partial charge in [-0.15, -0.1) is 0 Å². The molecule has 1 aromatic heterocycles. The first-order valence-corrected chi connectivity index (χ1v) is 6.73. The van der Waals surface area contributed by atoms with Crippen LogP contribution in [0.1, 0.15) is 15.9 Å². The number of ether oxygens (including phenoxy) is 1. The number of para-hydroxylation sites is 1. The van der Waals surface area contributed by atoms with E-state index in [0.29, 0.717) is 22.9 Å². The highest BCUT2D eigenvalue weighted by molar-refractivity contribution is 6.30. The number of benzene rings is 2. The lowest BCUT2D eigenvalue weighted by Crippen LogP contribution is -1.97. The zero-order valence-electron chi connectivity index (χ0n) is 11.0. The average Bonchev–Trinajstić information content (AvgIpc) is 2.89. The zero-order valence-corrected chi connectivity index (χ0v) is 11.7. The molecule has 0 atom stereocenters. The molecule has 0 aliphatic rings. The standard InChI is InChI=1S/C16H12ClNO3/c17-11-4-6-12(7-5-11)21-9-10-8-18-15-13(10)2-1-3-14(15)16(19)20/h1-8,18H,9H2,(H,19,20). The molecule has 0 saturated carbocycles. The van der Waals surface area contributed by atoms with Gasteiger partial charge in [-0.1, -0.05) is 23.7 Å². The first kappa shape index (κ1) is 13.5. The van der Waals surface area contributed by atoms with Crippen LogP contribution in [-0.4, -0.2) is 16.1 Å². The molecule has 2 aromatic carbocycles. The number of hydrogen-bond acceptors (Lipinski definition) is 2. The molecule has 3 aromatic rings. The number of rotatable bonds is 4. The Morgan fingerprint density at radius 3 is 2.67 bits per heavy atom. The largest absolute Gasteiger partial charge is 0.489 e. The van der Waals surface area contributed by atoms with E-state index in [2.05, 4.69) is 4.98 Å². The number of halogens is 1. The number of hydrogen-bond donors (Lipinski definition) is 2. The second-order valence-corrected chi connectivity index (χ2v) is 5.03. The number of aromatic nitrogens is 1. The third-order valence-electron chi connectivity index (χ3n) is 3.24. The number of aromatic amines is 1. The van der Waals surface area contributed by atoms with Crippen molar-refractivity contribution in [1.29, 1.82) is 0 Å². The molecule has 21 heavy (non-hydrogen) atoms. The van der Waals surface area contributed by atoms with Crippen LogP contribution in [0.3, 0.4) is 0 Å². The summed E-state index contributed by atoms with van der Waals surface area (Å²) >= 11 is 5.82. The predicted molar refractivity (Wildman–Crippen MR) is 81.0 cm³/mol. The van der Waals surface area contributed by atoms with Crippen molar-refractivity contribution in [3.05, 3.63) is 64.8 Å². The summed E-state index contributed by atoms with van der Waals surface area (Å²) < 4.78 is 5.69. The lowest BCUT2D eigenvalue weighted by molar-refractivity contribution is 0.0699. The normalized spacial score (nSPS) is 10.7. The topological polar surface area (TPSA) is 62.3 Å². The molecule has 1 heterocycles. The molecule has 0 bridgehead atoms. The van der Waals surface area contributed by atoms with Crippen LogP contribution in [0.2, 0.25) is 5.02 Å². The van der Waals surface area contributed by atoms with Crippen molar-refractivity contribution in [2.24, 2.45) is 0 Å². The molecule has 0 radical (unpaired) electrons. The van der Waals surface area contributed by atoms with Gasteiger partial charge in [0.1, 0.15) is 12.4 Å². The van der Waals surface area contributed by atoms with E-state index >= 15 is 0 Å². The second kappa shape index (κ2) is 5.50. The van der Waals surface area contributed by atoms with E-state index < -0.39 is 5.97 Å². The fourth-order valence-electron chi connectivity index (χ4n) is 2.20. The third kappa shape index (κ3) is 2.71. The van der Waals surface area contributed by atoms with Crippen LogP contribution in [0.5, 0.6) is 5.75 Å². The first-order valence-electron chi connectivity index (χ1n) is 6.36. The van der Waals surface area contributed by atoms with Crippen LogP contribution in [0.4, 0.5) is 0 Å². The van der Waals surface area contributed by atoms with Crippen LogP contribution in [-0.2, 0) is 6.61 Å². The molecule has 5 heteroatoms. The second-order valence-electron chi connectivity index (χ2n) is 4.59. The van der Waals surface area contributed by atoms with Gasteiger partial charge in [0.15, 0.2) is 0 Å². The number of H-pyrrole nitrogens is 1. The maximum absolute atomic E-state index is 11.2. The fraction of sp³-hybridized carbons (Fsp3) is 0.0625. The highest BCUT2D eigenvalue weighted by atomic mass is 35.5. The van der Waals surface area contributed by atoms with Crippen molar-refractivity contribution in [2.45, 2.75) is 6.61 Å². The first-order chi connectivity index (χ1) is 10.1. The van der Waals surface area contributed by atoms with Gasteiger partial charge in [0, 0.05) is 22.2 Å². The third-order valence-corrected chi connectivity index (χ3v) is 3.49. The van der Waals surface area contributed by atoms with Gasteiger partial charge >= 0.3 is 5.97 Å². The van der Waals surface area contributed by atoms with Crippen molar-refractivity contribution < 1.29 is 14.6 Å². The summed E-state index contributed by atoms with van der Waals surface area (Å²) in [7, 11) is 0. The lowest BCUT2D eigenvalue weighted by Gasteiger charge is -2.05. The molecular formula is C16H12ClNO3. The van der Waals surface area contributed by atoms with Gasteiger partial charge in [0.25, 0.3) is 0 Å². The van der Waals surface area contributed by atoms with Gasteiger partial charge in [-0.3, -0.25) is 0 Å². The fourth-order valence-corrected chi connectivity index (χ4v) is 2.33. The predicted octanol–water partition coefficient (Wildman–Crippen LogP) is 4.10. The van der Waals surface area contributed by atoms with Gasteiger partial charge in [0.05, 0.1) is 11.1 Å². The Labute approximate surface area is 125 Å². The van der Waals surface area contributed by atoms with Crippen molar-refractivity contribution in [1.82, 2.24) is 4.98 Å². The van der Waals surface area contributed by atoms with Crippen LogP contribution in [0.25, 0.3) is 10.9 Å². The number of carbonyl (C=O) groups is 1. The van der Waals surface area contributed by atoms with Crippen LogP contribution in [0, 0.1) is 0 Å². The van der Waals surface area contributed by atoms with E-state index in [4.69, 9.17) is 21.4 Å². The van der Waals surface area contributed by atoms with E-state index in [0.717, 1.165) is 10.9 Å². The Bertz CT molecular complexity index is 793. The van der Waals surface area contributed by atoms with Crippen LogP contribution >= 0.6 is 11.6 Å². The Morgan fingerprint density at radius 2 is 1.95 bits per heavy atom. The molecule has 0 amide bonds. The monoisotopic (exact) mass is 301 g/mol. The van der Waals surface area contributed by atoms with Gasteiger partial charge in [0.2, 0.25) is 0 Å². The molecule has 2 N–H and O–H groups in total. The molecule has 0 aliphatic carbocycles. The van der Waals surface area contributed by atoms with Crippen LogP contribution < -0.4 is 4.74 Å². The Morgan fingerprint density at radius 1 is 1.19 bits per heavy atom. The Balaban J connectivity index is 1.86. The molecule has 0 spiro atoms. The molecule has 106 valence electrons. The van der Waals surface area contributed by atoms with Gasteiger partial charge < -0.3 is 14.8 Å². The molecule has 4 nitrogen and oxygen atoms in total. The molecule has 0 saturated heterocycles. The molecule has 0 unspecified atom stereocenters. The minimum atomic E-state index is -0.951. The average molecular weight is 302 g/mol. The SMILES string of the molecule is O=C(O)c1cccc2c(COc3ccc(Cl)cc3)c[nH]c12. The van der Waals surface area contributed by atoms with Crippen molar-refractivity contribution in [3.8, 4) is 5.75 Å². The molecule has 3 rings (SSSR count). The van der Waals surface area contributed by atoms with E-state index in [1.54, 1.807) is 42.6 Å². The summed E-state index contributed by atoms with van der Waals surface area (Å²) in [6.07, 6.45) is 1.77. The maximum Gasteiger partial charge on any atom is 0.337 e. The van der Waals surface area contributed by atoms with E-state index in [-0.39, 0.29) is 5.56 Å². The van der Waals surface area contributed by atoms with Crippen molar-refractivity contribution in [2.75, 3.05) is 0 Å². The maximum atomic E-state index is 11.2. The highest BCUT2D eigenvalue weighted by Crippen LogP contribution is 2.24. The summed E-state index contributed by atoms with van der Waals surface area (Å²) in [5.74, 6) is -0.240. The molecule has 0 aliphatic heterocycles. The molecule has 0 fully saturated rings. The number of fused-ring (bicyclic) bond motifs is 1. The van der Waals surface area contributed by atoms with E-state index in [1.807, 2.05) is 6.07 Å². The summed E-state index contributed by atoms with van der Waals surface area (Å²) in [5.41, 5.74) is 1.77. The van der Waals surface area contributed by atoms with Gasteiger partial charge in [-0.2, -0.15) is 0 Å². The minimum absolute atomic E-state index is 0.255. The van der Waals surface area contributed by atoms with E-state index in [9.17, 15) is 4.79 Å². The summed E-state index contributed by atoms with van der Waals surface area (Å²) in [6, 6.07) is 12.3. The van der Waals surface area contributed by atoms with E-state index in [1.165, 1.54) is 0 Å². The highest BCUT2D eigenvalue weighted by Gasteiger charge is 2.12. The Kier molecular flexibility index (Phi) is 3.54. The smallest absolute Gasteiger partial charge is 0.337 e. The Hall–Kier alpha value is -2.46. The number of carboxylic acids is 1. The number of aromatic carboxylic acids is 1.